The number of nitrogens with zero attached hydrogens (tertiary/aromatic N) is 4. The second kappa shape index (κ2) is 6.93. The number of carbonyl (C=O) groups excluding carboxylic acids is 2. The van der Waals surface area contributed by atoms with Crippen LogP contribution in [0.5, 0.6) is 0 Å². The second-order valence-electron chi connectivity index (χ2n) is 4.10. The summed E-state index contributed by atoms with van der Waals surface area (Å²) in [5.74, 6) is -0.194. The molecule has 0 bridgehead atoms. The van der Waals surface area contributed by atoms with Gasteiger partial charge in [-0.1, -0.05) is 0 Å². The van der Waals surface area contributed by atoms with Gasteiger partial charge in [0.05, 0.1) is 6.61 Å². The van der Waals surface area contributed by atoms with Gasteiger partial charge in [0.25, 0.3) is 5.91 Å². The van der Waals surface area contributed by atoms with Crippen LogP contribution in [0.1, 0.15) is 33.0 Å². The van der Waals surface area contributed by atoms with Crippen LogP contribution >= 0.6 is 11.3 Å². The van der Waals surface area contributed by atoms with Gasteiger partial charge in [0.2, 0.25) is 5.01 Å². The first-order valence-electron chi connectivity index (χ1n) is 6.35. The van der Waals surface area contributed by atoms with Crippen LogP contribution in [0, 0.1) is 0 Å². The van der Waals surface area contributed by atoms with E-state index in [0.29, 0.717) is 18.8 Å². The summed E-state index contributed by atoms with van der Waals surface area (Å²) in [4.78, 5) is 31.3. The zero-order valence-corrected chi connectivity index (χ0v) is 12.5. The lowest BCUT2D eigenvalue weighted by atomic mass is 10.4. The minimum atomic E-state index is -0.515. The van der Waals surface area contributed by atoms with E-state index in [4.69, 9.17) is 4.74 Å². The first-order chi connectivity index (χ1) is 10.1. The molecule has 2 rings (SSSR count). The Morgan fingerprint density at radius 1 is 1.48 bits per heavy atom. The van der Waals surface area contributed by atoms with Crippen molar-refractivity contribution in [3.63, 3.8) is 0 Å². The third kappa shape index (κ3) is 4.09. The van der Waals surface area contributed by atoms with E-state index in [1.54, 1.807) is 25.0 Å². The molecule has 0 fully saturated rings. The second-order valence-corrected chi connectivity index (χ2v) is 4.96. The van der Waals surface area contributed by atoms with Gasteiger partial charge in [-0.15, -0.1) is 11.3 Å². The van der Waals surface area contributed by atoms with Gasteiger partial charge in [-0.3, -0.25) is 9.48 Å². The molecule has 21 heavy (non-hydrogen) atoms. The van der Waals surface area contributed by atoms with E-state index in [1.165, 1.54) is 5.38 Å². The van der Waals surface area contributed by atoms with E-state index < -0.39 is 5.97 Å². The van der Waals surface area contributed by atoms with Gasteiger partial charge in [-0.2, -0.15) is 5.10 Å². The Bertz CT molecular complexity index is 636. The zero-order chi connectivity index (χ0) is 15.2. The van der Waals surface area contributed by atoms with Gasteiger partial charge in [-0.25, -0.2) is 14.8 Å². The first kappa shape index (κ1) is 15.1. The van der Waals surface area contributed by atoms with Crippen molar-refractivity contribution in [2.75, 3.05) is 13.2 Å². The number of thiazole rings is 1. The SMILES string of the molecule is CCOC(=O)c1nc(C(=O)NCCc2ncn(C)n2)cs1. The Hall–Kier alpha value is -2.29. The van der Waals surface area contributed by atoms with E-state index in [-0.39, 0.29) is 23.2 Å². The van der Waals surface area contributed by atoms with Crippen LogP contribution in [0.15, 0.2) is 11.7 Å². The van der Waals surface area contributed by atoms with Crippen LogP contribution < -0.4 is 5.32 Å². The molecular formula is C12H15N5O3S. The minimum Gasteiger partial charge on any atom is -0.461 e. The van der Waals surface area contributed by atoms with Gasteiger partial charge in [0, 0.05) is 25.4 Å². The summed E-state index contributed by atoms with van der Waals surface area (Å²) in [7, 11) is 1.78. The van der Waals surface area contributed by atoms with Crippen LogP contribution in [0.4, 0.5) is 0 Å². The fourth-order valence-corrected chi connectivity index (χ4v) is 2.23. The van der Waals surface area contributed by atoms with Crippen molar-refractivity contribution < 1.29 is 14.3 Å². The lowest BCUT2D eigenvalue weighted by Gasteiger charge is -2.00. The predicted octanol–water partition coefficient (Wildman–Crippen LogP) is 0.421. The van der Waals surface area contributed by atoms with Crippen molar-refractivity contribution in [1.82, 2.24) is 25.1 Å². The summed E-state index contributed by atoms with van der Waals surface area (Å²) >= 11 is 1.08. The molecule has 8 nitrogen and oxygen atoms in total. The van der Waals surface area contributed by atoms with Crippen molar-refractivity contribution in [3.8, 4) is 0 Å². The number of aryl methyl sites for hydroxylation is 1. The molecule has 1 amide bonds. The summed E-state index contributed by atoms with van der Waals surface area (Å²) in [5.41, 5.74) is 0.206. The topological polar surface area (TPSA) is 99.0 Å². The maximum absolute atomic E-state index is 11.9. The van der Waals surface area contributed by atoms with Crippen molar-refractivity contribution in [3.05, 3.63) is 28.2 Å². The van der Waals surface area contributed by atoms with Gasteiger partial charge in [0.1, 0.15) is 12.0 Å². The summed E-state index contributed by atoms with van der Waals surface area (Å²) < 4.78 is 6.42. The summed E-state index contributed by atoms with van der Waals surface area (Å²) in [6, 6.07) is 0. The lowest BCUT2D eigenvalue weighted by molar-refractivity contribution is 0.0526. The number of aromatic nitrogens is 4. The minimum absolute atomic E-state index is 0.174. The molecule has 0 aliphatic carbocycles. The van der Waals surface area contributed by atoms with E-state index in [0.717, 1.165) is 11.3 Å². The van der Waals surface area contributed by atoms with Crippen LogP contribution in [-0.2, 0) is 18.2 Å². The summed E-state index contributed by atoms with van der Waals surface area (Å²) in [6.45, 7) is 2.39. The van der Waals surface area contributed by atoms with Crippen molar-refractivity contribution in [1.29, 1.82) is 0 Å². The van der Waals surface area contributed by atoms with Crippen molar-refractivity contribution in [2.45, 2.75) is 13.3 Å². The highest BCUT2D eigenvalue weighted by atomic mass is 32.1. The predicted molar refractivity (Wildman–Crippen MR) is 75.1 cm³/mol. The molecule has 2 heterocycles. The molecule has 2 aromatic rings. The Balaban J connectivity index is 1.84. The molecule has 2 aromatic heterocycles. The third-order valence-corrected chi connectivity index (χ3v) is 3.29. The average Bonchev–Trinajstić information content (AvgIpc) is 3.08. The van der Waals surface area contributed by atoms with E-state index in [2.05, 4.69) is 20.4 Å². The van der Waals surface area contributed by atoms with E-state index in [9.17, 15) is 9.59 Å². The number of hydrogen-bond acceptors (Lipinski definition) is 7. The Kier molecular flexibility index (Phi) is 4.99. The highest BCUT2D eigenvalue weighted by Gasteiger charge is 2.16. The number of hydrogen-bond donors (Lipinski definition) is 1. The first-order valence-corrected chi connectivity index (χ1v) is 7.23. The van der Waals surface area contributed by atoms with Gasteiger partial charge in [-0.05, 0) is 6.92 Å². The summed E-state index contributed by atoms with van der Waals surface area (Å²) in [5, 5.41) is 8.52. The zero-order valence-electron chi connectivity index (χ0n) is 11.7. The quantitative estimate of drug-likeness (QED) is 0.776. The average molecular weight is 309 g/mol. The standard InChI is InChI=1S/C12H15N5O3S/c1-3-20-12(19)11-15-8(6-21-11)10(18)13-5-4-9-14-7-17(2)16-9/h6-7H,3-5H2,1-2H3,(H,13,18). The van der Waals surface area contributed by atoms with Crippen LogP contribution in [-0.4, -0.2) is 44.8 Å². The number of amides is 1. The third-order valence-electron chi connectivity index (χ3n) is 2.47. The van der Waals surface area contributed by atoms with Crippen LogP contribution in [0.3, 0.4) is 0 Å². The fourth-order valence-electron chi connectivity index (χ4n) is 1.54. The number of carbonyl (C=O) groups is 2. The molecule has 0 atom stereocenters. The number of rotatable bonds is 6. The van der Waals surface area contributed by atoms with E-state index in [1.807, 2.05) is 0 Å². The highest BCUT2D eigenvalue weighted by Crippen LogP contribution is 2.11. The maximum Gasteiger partial charge on any atom is 0.367 e. The Labute approximate surface area is 125 Å². The van der Waals surface area contributed by atoms with Gasteiger partial charge < -0.3 is 10.1 Å². The molecule has 0 aliphatic rings. The largest absolute Gasteiger partial charge is 0.461 e. The number of esters is 1. The smallest absolute Gasteiger partial charge is 0.367 e. The molecule has 112 valence electrons. The van der Waals surface area contributed by atoms with Crippen molar-refractivity contribution in [2.24, 2.45) is 7.05 Å². The molecule has 0 unspecified atom stereocenters. The molecule has 0 saturated heterocycles. The molecule has 1 N–H and O–H groups in total. The maximum atomic E-state index is 11.9. The van der Waals surface area contributed by atoms with Crippen LogP contribution in [0.2, 0.25) is 0 Å². The Morgan fingerprint density at radius 2 is 2.29 bits per heavy atom. The number of ether oxygens (including phenoxy) is 1. The van der Waals surface area contributed by atoms with Crippen LogP contribution in [0.25, 0.3) is 0 Å². The molecule has 9 heteroatoms. The molecular weight excluding hydrogens is 294 g/mol. The van der Waals surface area contributed by atoms with Gasteiger partial charge >= 0.3 is 5.97 Å². The number of nitrogens with one attached hydrogen (secondary N) is 1. The summed E-state index contributed by atoms with van der Waals surface area (Å²) in [6.07, 6.45) is 2.13. The fraction of sp³-hybridized carbons (Fsp3) is 0.417. The van der Waals surface area contributed by atoms with Crippen molar-refractivity contribution >= 4 is 23.2 Å². The monoisotopic (exact) mass is 309 g/mol. The highest BCUT2D eigenvalue weighted by molar-refractivity contribution is 7.11. The van der Waals surface area contributed by atoms with Gasteiger partial charge in [0.15, 0.2) is 5.82 Å². The Morgan fingerprint density at radius 3 is 2.95 bits per heavy atom. The molecule has 0 aromatic carbocycles. The molecule has 0 radical (unpaired) electrons. The molecule has 0 saturated carbocycles. The lowest BCUT2D eigenvalue weighted by Crippen LogP contribution is -2.26. The normalized spacial score (nSPS) is 10.4. The van der Waals surface area contributed by atoms with E-state index >= 15 is 0 Å². The molecule has 0 spiro atoms. The molecule has 0 aliphatic heterocycles.